The number of alkyl halides is 1. The van der Waals surface area contributed by atoms with E-state index in [4.69, 9.17) is 4.74 Å². The first-order valence-electron chi connectivity index (χ1n) is 6.94. The zero-order valence-electron chi connectivity index (χ0n) is 12.4. The van der Waals surface area contributed by atoms with E-state index in [1.807, 2.05) is 0 Å². The fourth-order valence-corrected chi connectivity index (χ4v) is 3.82. The third-order valence-corrected chi connectivity index (χ3v) is 6.07. The second-order valence-electron chi connectivity index (χ2n) is 6.96. The zero-order valence-corrected chi connectivity index (χ0v) is 14.6. The van der Waals surface area contributed by atoms with Crippen LogP contribution >= 0.6 is 22.6 Å². The summed E-state index contributed by atoms with van der Waals surface area (Å²) >= 11 is 2.43. The summed E-state index contributed by atoms with van der Waals surface area (Å²) in [4.78, 5) is 0. The van der Waals surface area contributed by atoms with E-state index in [0.29, 0.717) is 0 Å². The Morgan fingerprint density at radius 2 is 1.79 bits per heavy atom. The maximum atomic E-state index is 6.31. The highest BCUT2D eigenvalue weighted by molar-refractivity contribution is 14.1. The summed E-state index contributed by atoms with van der Waals surface area (Å²) in [5.41, 5.74) is 7.13. The largest absolute Gasteiger partial charge is 0.486 e. The molecule has 2 aliphatic rings. The van der Waals surface area contributed by atoms with Crippen LogP contribution in [-0.2, 0) is 12.8 Å². The molecule has 2 aliphatic heterocycles. The summed E-state index contributed by atoms with van der Waals surface area (Å²) < 4.78 is 7.34. The van der Waals surface area contributed by atoms with Crippen LogP contribution in [0.1, 0.15) is 43.0 Å². The quantitative estimate of drug-likeness (QED) is 0.591. The van der Waals surface area contributed by atoms with Crippen molar-refractivity contribution in [3.63, 3.8) is 0 Å². The van der Waals surface area contributed by atoms with Crippen molar-refractivity contribution in [1.29, 1.82) is 0 Å². The van der Waals surface area contributed by atoms with Crippen molar-refractivity contribution in [2.75, 3.05) is 9.74 Å². The van der Waals surface area contributed by atoms with Gasteiger partial charge in [0.2, 0.25) is 0 Å². The number of halogens is 1. The Hall–Kier alpha value is -0.450. The first-order valence-corrected chi connectivity index (χ1v) is 8.47. The van der Waals surface area contributed by atoms with Crippen LogP contribution in [0.25, 0.3) is 0 Å². The molecule has 2 heterocycles. The maximum absolute atomic E-state index is 6.31. The molecule has 3 heteroatoms. The minimum atomic E-state index is -0.0248. The predicted octanol–water partition coefficient (Wildman–Crippen LogP) is 4.18. The lowest BCUT2D eigenvalue weighted by Crippen LogP contribution is -2.32. The zero-order chi connectivity index (χ0) is 14.0. The van der Waals surface area contributed by atoms with Gasteiger partial charge in [-0.1, -0.05) is 22.6 Å². The summed E-state index contributed by atoms with van der Waals surface area (Å²) in [7, 11) is 0. The van der Waals surface area contributed by atoms with Crippen LogP contribution in [0.15, 0.2) is 0 Å². The molecule has 3 rings (SSSR count). The van der Waals surface area contributed by atoms with Crippen molar-refractivity contribution in [3.05, 3.63) is 22.3 Å². The van der Waals surface area contributed by atoms with Crippen molar-refractivity contribution in [3.8, 4) is 5.75 Å². The van der Waals surface area contributed by atoms with E-state index in [2.05, 4.69) is 62.5 Å². The van der Waals surface area contributed by atoms with Gasteiger partial charge in [0.05, 0.1) is 0 Å². The molecule has 0 bridgehead atoms. The molecule has 0 spiro atoms. The predicted molar refractivity (Wildman–Crippen MR) is 88.9 cm³/mol. The van der Waals surface area contributed by atoms with E-state index in [0.717, 1.165) is 23.0 Å². The number of nitrogens with one attached hydrogen (secondary N) is 1. The summed E-state index contributed by atoms with van der Waals surface area (Å²) in [5.74, 6) is 1.16. The minimum absolute atomic E-state index is 0.0248. The molecule has 2 nitrogen and oxygen atoms in total. The molecule has 1 aromatic carbocycles. The normalized spacial score (nSPS) is 26.6. The number of ether oxygens (including phenoxy) is 1. The number of rotatable bonds is 1. The van der Waals surface area contributed by atoms with Gasteiger partial charge < -0.3 is 10.1 Å². The lowest BCUT2D eigenvalue weighted by Gasteiger charge is -2.21. The van der Waals surface area contributed by atoms with Crippen LogP contribution < -0.4 is 10.1 Å². The first kappa shape index (κ1) is 13.5. The van der Waals surface area contributed by atoms with E-state index >= 15 is 0 Å². The van der Waals surface area contributed by atoms with Crippen LogP contribution in [-0.4, -0.2) is 15.6 Å². The average Bonchev–Trinajstić information content (AvgIpc) is 2.85. The molecule has 0 fully saturated rings. The van der Waals surface area contributed by atoms with Crippen LogP contribution in [0.2, 0.25) is 0 Å². The summed E-state index contributed by atoms with van der Waals surface area (Å²) in [6.07, 6.45) is 2.12. The van der Waals surface area contributed by atoms with Crippen LogP contribution in [0.3, 0.4) is 0 Å². The highest BCUT2D eigenvalue weighted by Gasteiger charge is 2.40. The van der Waals surface area contributed by atoms with Gasteiger partial charge in [0.15, 0.2) is 0 Å². The van der Waals surface area contributed by atoms with E-state index < -0.39 is 0 Å². The van der Waals surface area contributed by atoms with Crippen molar-refractivity contribution >= 4 is 28.3 Å². The SMILES string of the molecule is Cc1c2c(c(C)c3c1NC(C)(C)C3)OC(C)(CI)C2. The fraction of sp³-hybridized carbons (Fsp3) is 0.625. The average molecular weight is 371 g/mol. The third kappa shape index (κ3) is 1.96. The Balaban J connectivity index is 2.16. The summed E-state index contributed by atoms with van der Waals surface area (Å²) in [5, 5.41) is 3.70. The Kier molecular flexibility index (Phi) is 2.87. The maximum Gasteiger partial charge on any atom is 0.127 e. The van der Waals surface area contributed by atoms with Gasteiger partial charge >= 0.3 is 0 Å². The van der Waals surface area contributed by atoms with E-state index in [1.54, 1.807) is 0 Å². The van der Waals surface area contributed by atoms with Gasteiger partial charge in [0, 0.05) is 27.6 Å². The van der Waals surface area contributed by atoms with Crippen molar-refractivity contribution in [2.45, 2.75) is 58.6 Å². The molecule has 1 aromatic rings. The number of benzene rings is 1. The van der Waals surface area contributed by atoms with E-state index in [-0.39, 0.29) is 11.1 Å². The molecule has 0 aliphatic carbocycles. The van der Waals surface area contributed by atoms with Gasteiger partial charge in [0.25, 0.3) is 0 Å². The van der Waals surface area contributed by atoms with Gasteiger partial charge in [-0.3, -0.25) is 0 Å². The van der Waals surface area contributed by atoms with Gasteiger partial charge in [-0.05, 0) is 57.7 Å². The molecular formula is C16H22INO. The molecule has 0 amide bonds. The Morgan fingerprint density at radius 1 is 1.11 bits per heavy atom. The lowest BCUT2D eigenvalue weighted by molar-refractivity contribution is 0.146. The number of hydrogen-bond donors (Lipinski definition) is 1. The molecule has 0 radical (unpaired) electrons. The molecular weight excluding hydrogens is 349 g/mol. The monoisotopic (exact) mass is 371 g/mol. The highest BCUT2D eigenvalue weighted by Crippen LogP contribution is 2.48. The smallest absolute Gasteiger partial charge is 0.127 e. The fourth-order valence-electron chi connectivity index (χ4n) is 3.40. The molecule has 0 saturated carbocycles. The van der Waals surface area contributed by atoms with Gasteiger partial charge in [-0.25, -0.2) is 0 Å². The second-order valence-corrected chi connectivity index (χ2v) is 7.72. The van der Waals surface area contributed by atoms with Crippen molar-refractivity contribution < 1.29 is 4.74 Å². The molecule has 1 unspecified atom stereocenters. The molecule has 0 saturated heterocycles. The number of hydrogen-bond acceptors (Lipinski definition) is 2. The minimum Gasteiger partial charge on any atom is -0.486 e. The second kappa shape index (κ2) is 4.03. The topological polar surface area (TPSA) is 21.3 Å². The number of fused-ring (bicyclic) bond motifs is 2. The van der Waals surface area contributed by atoms with E-state index in [1.165, 1.54) is 27.9 Å². The molecule has 1 atom stereocenters. The van der Waals surface area contributed by atoms with Gasteiger partial charge in [-0.15, -0.1) is 0 Å². The molecule has 104 valence electrons. The summed E-state index contributed by atoms with van der Waals surface area (Å²) in [6.45, 7) is 11.2. The van der Waals surface area contributed by atoms with Crippen molar-refractivity contribution in [1.82, 2.24) is 0 Å². The van der Waals surface area contributed by atoms with Crippen molar-refractivity contribution in [2.24, 2.45) is 0 Å². The Morgan fingerprint density at radius 3 is 2.42 bits per heavy atom. The third-order valence-electron chi connectivity index (χ3n) is 4.46. The summed E-state index contributed by atoms with van der Waals surface area (Å²) in [6, 6.07) is 0. The number of anilines is 1. The Bertz CT molecular complexity index is 520. The van der Waals surface area contributed by atoms with Crippen LogP contribution in [0.5, 0.6) is 5.75 Å². The van der Waals surface area contributed by atoms with Gasteiger partial charge in [0.1, 0.15) is 11.4 Å². The van der Waals surface area contributed by atoms with Gasteiger partial charge in [-0.2, -0.15) is 0 Å². The lowest BCUT2D eigenvalue weighted by atomic mass is 9.91. The molecule has 0 aromatic heterocycles. The van der Waals surface area contributed by atoms with Crippen LogP contribution in [0, 0.1) is 13.8 Å². The molecule has 19 heavy (non-hydrogen) atoms. The Labute approximate surface area is 129 Å². The van der Waals surface area contributed by atoms with Crippen LogP contribution in [0.4, 0.5) is 5.69 Å². The first-order chi connectivity index (χ1) is 8.76. The highest BCUT2D eigenvalue weighted by atomic mass is 127. The molecule has 1 N–H and O–H groups in total. The van der Waals surface area contributed by atoms with E-state index in [9.17, 15) is 0 Å². The standard InChI is InChI=1S/C16H22INO/c1-9-12-7-16(5,8-17)19-14(12)10(2)11-6-15(3,4)18-13(9)11/h18H,6-8H2,1-5H3.